The van der Waals surface area contributed by atoms with Crippen LogP contribution in [0.15, 0.2) is 0 Å². The van der Waals surface area contributed by atoms with Gasteiger partial charge in [-0.1, -0.05) is 90.9 Å². The van der Waals surface area contributed by atoms with E-state index in [0.29, 0.717) is 0 Å². The number of aliphatic carboxylic acids is 1. The fourth-order valence-corrected chi connectivity index (χ4v) is 3.38. The Hall–Kier alpha value is -1.10. The third-order valence-electron chi connectivity index (χ3n) is 5.26. The molecule has 0 aliphatic heterocycles. The van der Waals surface area contributed by atoms with Crippen LogP contribution in [0.1, 0.15) is 123 Å². The van der Waals surface area contributed by atoms with E-state index in [4.69, 9.17) is 15.6 Å². The topological polar surface area (TPSA) is 89.6 Å². The fraction of sp³-hybridized carbons (Fsp3) is 0.913. The van der Waals surface area contributed by atoms with Crippen molar-refractivity contribution in [1.29, 1.82) is 0 Å². The van der Waals surface area contributed by atoms with Gasteiger partial charge in [-0.25, -0.2) is 0 Å². The molecule has 0 spiro atoms. The zero-order valence-electron chi connectivity index (χ0n) is 18.4. The van der Waals surface area contributed by atoms with Gasteiger partial charge in [0.25, 0.3) is 0 Å². The molecule has 2 atom stereocenters. The molecule has 0 rings (SSSR count). The molecule has 0 aliphatic carbocycles. The summed E-state index contributed by atoms with van der Waals surface area (Å²) in [6, 6.07) is -0.836. The van der Waals surface area contributed by atoms with Crippen LogP contribution in [0, 0.1) is 0 Å². The Labute approximate surface area is 172 Å². The summed E-state index contributed by atoms with van der Waals surface area (Å²) in [6.45, 7) is 4.38. The number of hydrogen-bond acceptors (Lipinski definition) is 4. The standard InChI is InChI=1S/C23H45NO4/c1-3-5-7-8-9-10-11-12-13-14-15-17-20(16-6-4-2)28-23(27)21(24)18-19-22(25)26/h20-21H,3-19,24H2,1-2H3,(H,25,26). The normalized spacial score (nSPS) is 13.2. The highest BCUT2D eigenvalue weighted by Gasteiger charge is 2.20. The molecule has 2 unspecified atom stereocenters. The fourth-order valence-electron chi connectivity index (χ4n) is 3.38. The summed E-state index contributed by atoms with van der Waals surface area (Å²) in [5, 5.41) is 8.70. The number of hydrogen-bond donors (Lipinski definition) is 2. The molecule has 0 aromatic heterocycles. The van der Waals surface area contributed by atoms with E-state index in [1.165, 1.54) is 64.2 Å². The molecule has 0 radical (unpaired) electrons. The van der Waals surface area contributed by atoms with Gasteiger partial charge in [0, 0.05) is 6.42 Å². The highest BCUT2D eigenvalue weighted by atomic mass is 16.5. The molecule has 0 bridgehead atoms. The molecule has 0 amide bonds. The minimum absolute atomic E-state index is 0.0816. The van der Waals surface area contributed by atoms with E-state index in [1.807, 2.05) is 0 Å². The Morgan fingerprint density at radius 2 is 1.21 bits per heavy atom. The molecule has 0 saturated heterocycles. The highest BCUT2D eigenvalue weighted by molar-refractivity contribution is 5.76. The van der Waals surface area contributed by atoms with Crippen molar-refractivity contribution in [2.45, 2.75) is 135 Å². The van der Waals surface area contributed by atoms with Gasteiger partial charge in [-0.05, 0) is 25.7 Å². The average Bonchev–Trinajstić information content (AvgIpc) is 2.67. The number of ether oxygens (including phenoxy) is 1. The van der Waals surface area contributed by atoms with Crippen LogP contribution in [-0.2, 0) is 14.3 Å². The van der Waals surface area contributed by atoms with Gasteiger partial charge in [-0.2, -0.15) is 0 Å². The number of carboxylic acids is 1. The Morgan fingerprint density at radius 3 is 1.71 bits per heavy atom. The minimum atomic E-state index is -0.938. The summed E-state index contributed by atoms with van der Waals surface area (Å²) in [4.78, 5) is 22.7. The number of carbonyl (C=O) groups is 2. The van der Waals surface area contributed by atoms with E-state index in [-0.39, 0.29) is 18.9 Å². The summed E-state index contributed by atoms with van der Waals surface area (Å²) in [5.74, 6) is -1.39. The molecule has 0 aliphatic rings. The van der Waals surface area contributed by atoms with Crippen LogP contribution in [0.3, 0.4) is 0 Å². The van der Waals surface area contributed by atoms with Gasteiger partial charge < -0.3 is 15.6 Å². The lowest BCUT2D eigenvalue weighted by Gasteiger charge is -2.20. The lowest BCUT2D eigenvalue weighted by molar-refractivity contribution is -0.151. The summed E-state index contributed by atoms with van der Waals surface area (Å²) in [7, 11) is 0. The quantitative estimate of drug-likeness (QED) is 0.194. The van der Waals surface area contributed by atoms with E-state index in [0.717, 1.165) is 32.1 Å². The lowest BCUT2D eigenvalue weighted by Crippen LogP contribution is -2.35. The summed E-state index contributed by atoms with van der Waals surface area (Å²) < 4.78 is 5.58. The molecule has 166 valence electrons. The molecular formula is C23H45NO4. The van der Waals surface area contributed by atoms with Gasteiger partial charge in [0.1, 0.15) is 12.1 Å². The summed E-state index contributed by atoms with van der Waals surface area (Å²) >= 11 is 0. The molecule has 0 saturated carbocycles. The lowest BCUT2D eigenvalue weighted by atomic mass is 10.0. The first-order valence-electron chi connectivity index (χ1n) is 11.7. The second-order valence-electron chi connectivity index (χ2n) is 8.06. The van der Waals surface area contributed by atoms with Crippen molar-refractivity contribution in [2.75, 3.05) is 0 Å². The Morgan fingerprint density at radius 1 is 0.750 bits per heavy atom. The maximum atomic E-state index is 12.1. The third-order valence-corrected chi connectivity index (χ3v) is 5.26. The number of carboxylic acid groups (broad SMARTS) is 1. The second-order valence-corrected chi connectivity index (χ2v) is 8.06. The maximum absolute atomic E-state index is 12.1. The number of carbonyl (C=O) groups excluding carboxylic acids is 1. The van der Waals surface area contributed by atoms with Gasteiger partial charge in [-0.15, -0.1) is 0 Å². The largest absolute Gasteiger partial charge is 0.481 e. The van der Waals surface area contributed by atoms with Crippen LogP contribution in [0.4, 0.5) is 0 Å². The van der Waals surface area contributed by atoms with Crippen LogP contribution in [0.5, 0.6) is 0 Å². The van der Waals surface area contributed by atoms with Crippen LogP contribution >= 0.6 is 0 Å². The van der Waals surface area contributed by atoms with Crippen LogP contribution < -0.4 is 5.73 Å². The molecule has 0 heterocycles. The van der Waals surface area contributed by atoms with Gasteiger partial charge in [-0.3, -0.25) is 9.59 Å². The van der Waals surface area contributed by atoms with Crippen LogP contribution in [0.25, 0.3) is 0 Å². The van der Waals surface area contributed by atoms with Gasteiger partial charge in [0.05, 0.1) is 0 Å². The monoisotopic (exact) mass is 399 g/mol. The predicted octanol–water partition coefficient (Wildman–Crippen LogP) is 5.98. The van der Waals surface area contributed by atoms with Crippen molar-refractivity contribution in [2.24, 2.45) is 5.73 Å². The SMILES string of the molecule is CCCCCCCCCCCCCC(CCCC)OC(=O)C(N)CCC(=O)O. The molecule has 0 fully saturated rings. The molecule has 0 aromatic carbocycles. The summed E-state index contributed by atoms with van der Waals surface area (Å²) in [5.41, 5.74) is 5.77. The molecule has 5 heteroatoms. The van der Waals surface area contributed by atoms with E-state index in [1.54, 1.807) is 0 Å². The van der Waals surface area contributed by atoms with Crippen molar-refractivity contribution >= 4 is 11.9 Å². The number of rotatable bonds is 20. The smallest absolute Gasteiger partial charge is 0.323 e. The number of nitrogens with two attached hydrogens (primary N) is 1. The second kappa shape index (κ2) is 19.2. The Kier molecular flexibility index (Phi) is 18.5. The van der Waals surface area contributed by atoms with Gasteiger partial charge in [0.15, 0.2) is 0 Å². The van der Waals surface area contributed by atoms with Gasteiger partial charge in [0.2, 0.25) is 0 Å². The predicted molar refractivity (Wildman–Crippen MR) is 115 cm³/mol. The zero-order valence-corrected chi connectivity index (χ0v) is 18.4. The minimum Gasteiger partial charge on any atom is -0.481 e. The van der Waals surface area contributed by atoms with Gasteiger partial charge >= 0.3 is 11.9 Å². The maximum Gasteiger partial charge on any atom is 0.323 e. The van der Waals surface area contributed by atoms with E-state index in [9.17, 15) is 9.59 Å². The van der Waals surface area contributed by atoms with Crippen molar-refractivity contribution in [3.8, 4) is 0 Å². The van der Waals surface area contributed by atoms with Crippen molar-refractivity contribution in [3.05, 3.63) is 0 Å². The Balaban J connectivity index is 3.87. The molecule has 0 aromatic rings. The molecule has 3 N–H and O–H groups in total. The summed E-state index contributed by atoms with van der Waals surface area (Å²) in [6.07, 6.45) is 18.1. The van der Waals surface area contributed by atoms with Crippen LogP contribution in [0.2, 0.25) is 0 Å². The van der Waals surface area contributed by atoms with Crippen molar-refractivity contribution in [3.63, 3.8) is 0 Å². The van der Waals surface area contributed by atoms with E-state index < -0.39 is 18.0 Å². The average molecular weight is 400 g/mol. The van der Waals surface area contributed by atoms with Crippen LogP contribution in [-0.4, -0.2) is 29.2 Å². The number of esters is 1. The highest BCUT2D eigenvalue weighted by Crippen LogP contribution is 2.17. The molecule has 5 nitrogen and oxygen atoms in total. The third kappa shape index (κ3) is 17.0. The van der Waals surface area contributed by atoms with Crippen molar-refractivity contribution in [1.82, 2.24) is 0 Å². The van der Waals surface area contributed by atoms with E-state index in [2.05, 4.69) is 13.8 Å². The Bertz CT molecular complexity index is 387. The first kappa shape index (κ1) is 26.9. The zero-order chi connectivity index (χ0) is 21.0. The first-order chi connectivity index (χ1) is 13.5. The molecule has 28 heavy (non-hydrogen) atoms. The number of unbranched alkanes of at least 4 members (excludes halogenated alkanes) is 11. The first-order valence-corrected chi connectivity index (χ1v) is 11.7. The van der Waals surface area contributed by atoms with Crippen molar-refractivity contribution < 1.29 is 19.4 Å². The molecular weight excluding hydrogens is 354 g/mol. The van der Waals surface area contributed by atoms with E-state index >= 15 is 0 Å².